The van der Waals surface area contributed by atoms with Crippen molar-refractivity contribution in [2.45, 2.75) is 26.4 Å². The van der Waals surface area contributed by atoms with Crippen LogP contribution >= 0.6 is 0 Å². The highest BCUT2D eigenvalue weighted by atomic mass is 19.1. The van der Waals surface area contributed by atoms with Gasteiger partial charge in [0.25, 0.3) is 0 Å². The molecule has 0 aromatic heterocycles. The Morgan fingerprint density at radius 2 is 1.67 bits per heavy atom. The predicted molar refractivity (Wildman–Crippen MR) is 83.3 cm³/mol. The molecule has 0 bridgehead atoms. The number of benzene rings is 1. The van der Waals surface area contributed by atoms with Crippen molar-refractivity contribution in [1.82, 2.24) is 4.90 Å². The van der Waals surface area contributed by atoms with E-state index in [2.05, 4.69) is 0 Å². The first-order chi connectivity index (χ1) is 11.1. The molecule has 1 N–H and O–H groups in total. The van der Waals surface area contributed by atoms with Crippen molar-refractivity contribution < 1.29 is 28.2 Å². The molecule has 1 aromatic rings. The Balaban J connectivity index is 2.06. The van der Waals surface area contributed by atoms with E-state index in [0.29, 0.717) is 32.2 Å². The van der Waals surface area contributed by atoms with Crippen LogP contribution in [-0.2, 0) is 4.74 Å². The third-order valence-corrected chi connectivity index (χ3v) is 3.54. The van der Waals surface area contributed by atoms with E-state index in [0.717, 1.165) is 6.07 Å². The van der Waals surface area contributed by atoms with Crippen molar-refractivity contribution in [2.24, 2.45) is 0 Å². The summed E-state index contributed by atoms with van der Waals surface area (Å²) in [6.07, 6.45) is -0.449. The molecule has 1 heterocycles. The first-order valence-electron chi connectivity index (χ1n) is 7.53. The first kappa shape index (κ1) is 18.0. The lowest BCUT2D eigenvalue weighted by atomic mass is 10.1. The molecule has 1 saturated heterocycles. The van der Waals surface area contributed by atoms with Crippen LogP contribution in [0, 0.1) is 11.6 Å². The highest BCUT2D eigenvalue weighted by Gasteiger charge is 2.27. The number of hydrogen-bond acceptors (Lipinski definition) is 4. The Hall–Kier alpha value is -2.38. The standard InChI is InChI=1S/C16H20F2N2O4/c1-16(2,3)24-15(23)20-6-4-19(5-7-20)13-9-11(17)10(14(21)22)8-12(13)18/h8-9H,4-7H2,1-3H3,(H,21,22). The number of ether oxygens (including phenoxy) is 1. The highest BCUT2D eigenvalue weighted by Crippen LogP contribution is 2.25. The third kappa shape index (κ3) is 4.12. The lowest BCUT2D eigenvalue weighted by Gasteiger charge is -2.36. The molecule has 0 unspecified atom stereocenters. The molecule has 1 aliphatic rings. The lowest BCUT2D eigenvalue weighted by Crippen LogP contribution is -2.50. The van der Waals surface area contributed by atoms with Crippen molar-refractivity contribution in [3.8, 4) is 0 Å². The monoisotopic (exact) mass is 342 g/mol. The Morgan fingerprint density at radius 1 is 1.08 bits per heavy atom. The average molecular weight is 342 g/mol. The molecule has 0 aliphatic carbocycles. The molecule has 1 fully saturated rings. The number of carboxylic acids is 1. The number of anilines is 1. The minimum absolute atomic E-state index is 0.0126. The summed E-state index contributed by atoms with van der Waals surface area (Å²) < 4.78 is 33.1. The van der Waals surface area contributed by atoms with Gasteiger partial charge in [0.05, 0.1) is 11.3 Å². The van der Waals surface area contributed by atoms with E-state index >= 15 is 0 Å². The van der Waals surface area contributed by atoms with Gasteiger partial charge < -0.3 is 19.6 Å². The SMILES string of the molecule is CC(C)(C)OC(=O)N1CCN(c2cc(F)c(C(=O)O)cc2F)CC1. The first-order valence-corrected chi connectivity index (χ1v) is 7.53. The van der Waals surface area contributed by atoms with Crippen molar-refractivity contribution >= 4 is 17.7 Å². The number of aromatic carboxylic acids is 1. The second-order valence-electron chi connectivity index (χ2n) is 6.54. The molecule has 0 saturated carbocycles. The van der Waals surface area contributed by atoms with Crippen LogP contribution in [0.4, 0.5) is 19.3 Å². The van der Waals surface area contributed by atoms with Crippen LogP contribution in [0.15, 0.2) is 12.1 Å². The maximum atomic E-state index is 14.1. The van der Waals surface area contributed by atoms with Gasteiger partial charge in [0, 0.05) is 32.2 Å². The van der Waals surface area contributed by atoms with E-state index in [1.54, 1.807) is 25.7 Å². The molecule has 1 aliphatic heterocycles. The molecule has 132 valence electrons. The van der Waals surface area contributed by atoms with Gasteiger partial charge in [-0.05, 0) is 26.8 Å². The number of piperazine rings is 1. The summed E-state index contributed by atoms with van der Waals surface area (Å²) in [5.41, 5.74) is -1.32. The molecule has 0 atom stereocenters. The van der Waals surface area contributed by atoms with E-state index in [1.165, 1.54) is 4.90 Å². The minimum atomic E-state index is -1.52. The van der Waals surface area contributed by atoms with Gasteiger partial charge >= 0.3 is 12.1 Å². The average Bonchev–Trinajstić information content (AvgIpc) is 2.47. The van der Waals surface area contributed by atoms with Crippen LogP contribution in [0.2, 0.25) is 0 Å². The van der Waals surface area contributed by atoms with E-state index in [4.69, 9.17) is 9.84 Å². The Kier molecular flexibility index (Phi) is 4.96. The maximum Gasteiger partial charge on any atom is 0.410 e. The third-order valence-electron chi connectivity index (χ3n) is 3.54. The van der Waals surface area contributed by atoms with Gasteiger partial charge in [-0.1, -0.05) is 0 Å². The summed E-state index contributed by atoms with van der Waals surface area (Å²) in [5, 5.41) is 8.80. The Morgan fingerprint density at radius 3 is 2.17 bits per heavy atom. The number of amides is 1. The van der Waals surface area contributed by atoms with Crippen molar-refractivity contribution in [3.63, 3.8) is 0 Å². The summed E-state index contributed by atoms with van der Waals surface area (Å²) in [5.74, 6) is -3.32. The molecule has 0 radical (unpaired) electrons. The molecule has 8 heteroatoms. The number of rotatable bonds is 2. The van der Waals surface area contributed by atoms with Crippen LogP contribution in [-0.4, -0.2) is 53.8 Å². The fourth-order valence-electron chi connectivity index (χ4n) is 2.40. The van der Waals surface area contributed by atoms with Gasteiger partial charge in [0.2, 0.25) is 0 Å². The van der Waals surface area contributed by atoms with Crippen molar-refractivity contribution in [2.75, 3.05) is 31.1 Å². The number of carbonyl (C=O) groups is 2. The van der Waals surface area contributed by atoms with Gasteiger partial charge in [-0.2, -0.15) is 0 Å². The Bertz CT molecular complexity index is 650. The molecular weight excluding hydrogens is 322 g/mol. The summed E-state index contributed by atoms with van der Waals surface area (Å²) in [6, 6.07) is 1.55. The van der Waals surface area contributed by atoms with Gasteiger partial charge in [-0.3, -0.25) is 0 Å². The largest absolute Gasteiger partial charge is 0.478 e. The number of nitrogens with zero attached hydrogens (tertiary/aromatic N) is 2. The number of halogens is 2. The van der Waals surface area contributed by atoms with Crippen LogP contribution in [0.5, 0.6) is 0 Å². The van der Waals surface area contributed by atoms with Gasteiger partial charge in [0.1, 0.15) is 17.2 Å². The molecule has 6 nitrogen and oxygen atoms in total. The second-order valence-corrected chi connectivity index (χ2v) is 6.54. The number of carboxylic acid groups (broad SMARTS) is 1. The van der Waals surface area contributed by atoms with Gasteiger partial charge in [-0.25, -0.2) is 18.4 Å². The van der Waals surface area contributed by atoms with E-state index in [9.17, 15) is 18.4 Å². The minimum Gasteiger partial charge on any atom is -0.478 e. The van der Waals surface area contributed by atoms with E-state index in [-0.39, 0.29) is 5.69 Å². The topological polar surface area (TPSA) is 70.1 Å². The van der Waals surface area contributed by atoms with Gasteiger partial charge in [-0.15, -0.1) is 0 Å². The quantitative estimate of drug-likeness (QED) is 0.895. The second kappa shape index (κ2) is 6.62. The molecule has 24 heavy (non-hydrogen) atoms. The summed E-state index contributed by atoms with van der Waals surface area (Å²) in [6.45, 7) is 6.49. The summed E-state index contributed by atoms with van der Waals surface area (Å²) in [4.78, 5) is 25.9. The van der Waals surface area contributed by atoms with Crippen LogP contribution in [0.1, 0.15) is 31.1 Å². The summed E-state index contributed by atoms with van der Waals surface area (Å²) >= 11 is 0. The zero-order chi connectivity index (χ0) is 18.1. The maximum absolute atomic E-state index is 14.1. The summed E-state index contributed by atoms with van der Waals surface area (Å²) in [7, 11) is 0. The zero-order valence-corrected chi connectivity index (χ0v) is 13.8. The van der Waals surface area contributed by atoms with Crippen molar-refractivity contribution in [3.05, 3.63) is 29.3 Å². The van der Waals surface area contributed by atoms with Crippen LogP contribution in [0.25, 0.3) is 0 Å². The fraction of sp³-hybridized carbons (Fsp3) is 0.500. The Labute approximate surface area is 138 Å². The molecular formula is C16H20F2N2O4. The predicted octanol–water partition coefficient (Wildman–Crippen LogP) is 2.72. The van der Waals surface area contributed by atoms with E-state index < -0.39 is 34.9 Å². The van der Waals surface area contributed by atoms with Gasteiger partial charge in [0.15, 0.2) is 0 Å². The van der Waals surface area contributed by atoms with Crippen LogP contribution in [0.3, 0.4) is 0 Å². The number of hydrogen-bond donors (Lipinski definition) is 1. The molecule has 2 rings (SSSR count). The molecule has 1 amide bonds. The van der Waals surface area contributed by atoms with Crippen LogP contribution < -0.4 is 4.90 Å². The number of carbonyl (C=O) groups excluding carboxylic acids is 1. The zero-order valence-electron chi connectivity index (χ0n) is 13.8. The van der Waals surface area contributed by atoms with Crippen molar-refractivity contribution in [1.29, 1.82) is 0 Å². The normalized spacial score (nSPS) is 15.4. The smallest absolute Gasteiger partial charge is 0.410 e. The lowest BCUT2D eigenvalue weighted by molar-refractivity contribution is 0.0240. The fourth-order valence-corrected chi connectivity index (χ4v) is 2.40. The highest BCUT2D eigenvalue weighted by molar-refractivity contribution is 5.88. The van der Waals surface area contributed by atoms with E-state index in [1.807, 2.05) is 0 Å². The molecule has 0 spiro atoms. The molecule has 1 aromatic carbocycles.